The van der Waals surface area contributed by atoms with Crippen LogP contribution in [0.4, 0.5) is 0 Å². The molecular formula is C7H18O2S. The molecule has 0 saturated carbocycles. The van der Waals surface area contributed by atoms with E-state index in [0.29, 0.717) is 5.41 Å². The van der Waals surface area contributed by atoms with E-state index in [1.54, 1.807) is 0 Å². The molecule has 0 N–H and O–H groups in total. The molecule has 0 aliphatic rings. The van der Waals surface area contributed by atoms with E-state index in [1.807, 2.05) is 0 Å². The van der Waals surface area contributed by atoms with Gasteiger partial charge in [-0.3, -0.25) is 4.18 Å². The van der Waals surface area contributed by atoms with Gasteiger partial charge in [-0.15, -0.1) is 0 Å². The Balaban J connectivity index is 0. The van der Waals surface area contributed by atoms with Gasteiger partial charge in [0, 0.05) is 6.26 Å². The molecule has 0 aromatic rings. The molecule has 0 radical (unpaired) electrons. The third-order valence-corrected chi connectivity index (χ3v) is 0.704. The Kier molecular flexibility index (Phi) is 7.48. The SMILES string of the molecule is CC(C)(C)C.COS(C)=O. The Morgan fingerprint density at radius 2 is 1.30 bits per heavy atom. The summed E-state index contributed by atoms with van der Waals surface area (Å²) in [7, 11) is 1.40. The molecule has 10 heavy (non-hydrogen) atoms. The van der Waals surface area contributed by atoms with Crippen molar-refractivity contribution in [3.8, 4) is 0 Å². The average Bonchev–Trinajstić information content (AvgIpc) is 1.61. The van der Waals surface area contributed by atoms with Crippen molar-refractivity contribution in [1.82, 2.24) is 0 Å². The summed E-state index contributed by atoms with van der Waals surface area (Å²) in [4.78, 5) is 0. The topological polar surface area (TPSA) is 26.3 Å². The maximum Gasteiger partial charge on any atom is 0.151 e. The van der Waals surface area contributed by atoms with Gasteiger partial charge in [-0.05, 0) is 5.41 Å². The number of rotatable bonds is 1. The predicted molar refractivity (Wildman–Crippen MR) is 46.2 cm³/mol. The molecule has 0 aliphatic heterocycles. The highest BCUT2D eigenvalue weighted by atomic mass is 32.2. The highest BCUT2D eigenvalue weighted by Gasteiger charge is 1.95. The van der Waals surface area contributed by atoms with Gasteiger partial charge in [-0.2, -0.15) is 0 Å². The van der Waals surface area contributed by atoms with Crippen molar-refractivity contribution in [1.29, 1.82) is 0 Å². The molecule has 0 aliphatic carbocycles. The van der Waals surface area contributed by atoms with Crippen LogP contribution < -0.4 is 0 Å². The first kappa shape index (κ1) is 12.8. The van der Waals surface area contributed by atoms with Gasteiger partial charge >= 0.3 is 0 Å². The summed E-state index contributed by atoms with van der Waals surface area (Å²) in [6, 6.07) is 0. The summed E-state index contributed by atoms with van der Waals surface area (Å²) < 4.78 is 13.9. The second-order valence-electron chi connectivity index (χ2n) is 3.57. The fourth-order valence-electron chi connectivity index (χ4n) is 0. The molecule has 0 saturated heterocycles. The van der Waals surface area contributed by atoms with Crippen LogP contribution in [0.15, 0.2) is 0 Å². The lowest BCUT2D eigenvalue weighted by Gasteiger charge is -2.05. The summed E-state index contributed by atoms with van der Waals surface area (Å²) in [6.45, 7) is 8.75. The second kappa shape index (κ2) is 5.86. The third kappa shape index (κ3) is 92.1. The van der Waals surface area contributed by atoms with E-state index in [4.69, 9.17) is 0 Å². The van der Waals surface area contributed by atoms with Crippen molar-refractivity contribution >= 4 is 11.1 Å². The standard InChI is InChI=1S/C5H12.C2H6O2S/c1-5(2,3)4;1-4-5(2)3/h1-4H3;1-2H3. The lowest BCUT2D eigenvalue weighted by atomic mass is 10.0. The van der Waals surface area contributed by atoms with Crippen molar-refractivity contribution in [3.63, 3.8) is 0 Å². The molecule has 0 rings (SSSR count). The molecule has 64 valence electrons. The van der Waals surface area contributed by atoms with Crippen LogP contribution in [0.1, 0.15) is 27.7 Å². The first-order chi connectivity index (χ1) is 4.27. The molecular weight excluding hydrogens is 148 g/mol. The van der Waals surface area contributed by atoms with E-state index in [2.05, 4.69) is 31.9 Å². The number of hydrogen-bond acceptors (Lipinski definition) is 2. The van der Waals surface area contributed by atoms with E-state index in [0.717, 1.165) is 0 Å². The zero-order valence-electron chi connectivity index (χ0n) is 7.72. The smallest absolute Gasteiger partial charge is 0.151 e. The van der Waals surface area contributed by atoms with Gasteiger partial charge in [-0.25, -0.2) is 4.21 Å². The molecule has 2 nitrogen and oxygen atoms in total. The third-order valence-electron chi connectivity index (χ3n) is 0.235. The van der Waals surface area contributed by atoms with Crippen molar-refractivity contribution in [2.24, 2.45) is 5.41 Å². The van der Waals surface area contributed by atoms with Crippen molar-refractivity contribution in [3.05, 3.63) is 0 Å². The summed E-state index contributed by atoms with van der Waals surface area (Å²) in [6.07, 6.45) is 1.47. The van der Waals surface area contributed by atoms with Crippen LogP contribution >= 0.6 is 0 Å². The molecule has 1 atom stereocenters. The number of hydrogen-bond donors (Lipinski definition) is 0. The Labute approximate surface area is 66.6 Å². The molecule has 3 heteroatoms. The lowest BCUT2D eigenvalue weighted by molar-refractivity contribution is 0.450. The molecule has 0 bridgehead atoms. The molecule has 0 aromatic heterocycles. The van der Waals surface area contributed by atoms with E-state index in [-0.39, 0.29) is 0 Å². The maximum absolute atomic E-state index is 9.70. The van der Waals surface area contributed by atoms with Gasteiger partial charge in [0.1, 0.15) is 0 Å². The minimum Gasteiger partial charge on any atom is -0.294 e. The largest absolute Gasteiger partial charge is 0.294 e. The summed E-state index contributed by atoms with van der Waals surface area (Å²) in [5, 5.41) is 0. The van der Waals surface area contributed by atoms with Gasteiger partial charge in [0.25, 0.3) is 0 Å². The minimum absolute atomic E-state index is 0.500. The van der Waals surface area contributed by atoms with Gasteiger partial charge in [-0.1, -0.05) is 27.7 Å². The molecule has 0 fully saturated rings. The van der Waals surface area contributed by atoms with Crippen molar-refractivity contribution in [2.45, 2.75) is 27.7 Å². The van der Waals surface area contributed by atoms with Crippen LogP contribution in [0.5, 0.6) is 0 Å². The summed E-state index contributed by atoms with van der Waals surface area (Å²) in [5.74, 6) is 0. The predicted octanol–water partition coefficient (Wildman–Crippen LogP) is 1.98. The van der Waals surface area contributed by atoms with Crippen LogP contribution in [0.25, 0.3) is 0 Å². The van der Waals surface area contributed by atoms with Crippen LogP contribution in [-0.4, -0.2) is 17.6 Å². The second-order valence-corrected chi connectivity index (χ2v) is 4.70. The summed E-state index contributed by atoms with van der Waals surface area (Å²) in [5.41, 5.74) is 0.500. The highest BCUT2D eigenvalue weighted by Crippen LogP contribution is 2.07. The van der Waals surface area contributed by atoms with Crippen LogP contribution in [0, 0.1) is 5.41 Å². The van der Waals surface area contributed by atoms with Crippen molar-refractivity contribution in [2.75, 3.05) is 13.4 Å². The molecule has 0 amide bonds. The van der Waals surface area contributed by atoms with Crippen LogP contribution in [0.3, 0.4) is 0 Å². The maximum atomic E-state index is 9.70. The molecule has 0 spiro atoms. The first-order valence-electron chi connectivity index (χ1n) is 3.15. The average molecular weight is 166 g/mol. The van der Waals surface area contributed by atoms with Crippen molar-refractivity contribution < 1.29 is 8.39 Å². The van der Waals surface area contributed by atoms with Crippen LogP contribution in [-0.2, 0) is 15.3 Å². The molecule has 1 unspecified atom stereocenters. The summed E-state index contributed by atoms with van der Waals surface area (Å²) >= 11 is -1.07. The minimum atomic E-state index is -1.07. The Morgan fingerprint density at radius 1 is 1.20 bits per heavy atom. The van der Waals surface area contributed by atoms with Gasteiger partial charge in [0.05, 0.1) is 7.11 Å². The zero-order valence-corrected chi connectivity index (χ0v) is 8.54. The Bertz CT molecular complexity index is 88.3. The Morgan fingerprint density at radius 3 is 1.30 bits per heavy atom. The van der Waals surface area contributed by atoms with Gasteiger partial charge < -0.3 is 0 Å². The molecule has 0 aromatic carbocycles. The Hall–Kier alpha value is 0.110. The fourth-order valence-corrected chi connectivity index (χ4v) is 0. The van der Waals surface area contributed by atoms with E-state index in [1.165, 1.54) is 13.4 Å². The monoisotopic (exact) mass is 166 g/mol. The molecule has 0 heterocycles. The van der Waals surface area contributed by atoms with Gasteiger partial charge in [0.2, 0.25) is 0 Å². The normalized spacial score (nSPS) is 13.4. The quantitative estimate of drug-likeness (QED) is 0.595. The zero-order chi connectivity index (χ0) is 8.78. The lowest BCUT2D eigenvalue weighted by Crippen LogP contribution is -1.93. The highest BCUT2D eigenvalue weighted by molar-refractivity contribution is 7.79. The van der Waals surface area contributed by atoms with Gasteiger partial charge in [0.15, 0.2) is 11.1 Å². The van der Waals surface area contributed by atoms with Crippen LogP contribution in [0.2, 0.25) is 0 Å². The first-order valence-corrected chi connectivity index (χ1v) is 4.63. The fraction of sp³-hybridized carbons (Fsp3) is 1.00. The van der Waals surface area contributed by atoms with E-state index in [9.17, 15) is 4.21 Å². The van der Waals surface area contributed by atoms with E-state index < -0.39 is 11.1 Å². The van der Waals surface area contributed by atoms with E-state index >= 15 is 0 Å².